The highest BCUT2D eigenvalue weighted by molar-refractivity contribution is 5.36. The number of nitriles is 1. The molecule has 2 unspecified atom stereocenters. The van der Waals surface area contributed by atoms with E-state index in [0.717, 1.165) is 36.7 Å². The minimum Gasteiger partial charge on any atom is -0.244 e. The van der Waals surface area contributed by atoms with Gasteiger partial charge in [-0.15, -0.1) is 0 Å². The number of benzene rings is 1. The number of nitrogens with zero attached hydrogens (tertiary/aromatic N) is 4. The van der Waals surface area contributed by atoms with Crippen LogP contribution in [0.1, 0.15) is 68.2 Å². The second-order valence-electron chi connectivity index (χ2n) is 7.10. The van der Waals surface area contributed by atoms with Crippen molar-refractivity contribution in [2.75, 3.05) is 0 Å². The van der Waals surface area contributed by atoms with E-state index in [0.29, 0.717) is 25.0 Å². The van der Waals surface area contributed by atoms with Crippen LogP contribution in [-0.4, -0.2) is 14.8 Å². The molecule has 164 valence electrons. The van der Waals surface area contributed by atoms with Crippen molar-refractivity contribution in [3.63, 3.8) is 0 Å². The third-order valence-corrected chi connectivity index (χ3v) is 4.84. The molecule has 2 atom stereocenters. The quantitative estimate of drug-likeness (QED) is 0.340. The number of aromatic nitrogens is 3. The number of halogens is 6. The fourth-order valence-electron chi connectivity index (χ4n) is 3.34. The highest BCUT2D eigenvalue weighted by atomic mass is 19.4. The summed E-state index contributed by atoms with van der Waals surface area (Å²) in [5.41, 5.74) is -3.11. The van der Waals surface area contributed by atoms with Crippen LogP contribution in [0.3, 0.4) is 0 Å². The van der Waals surface area contributed by atoms with Crippen molar-refractivity contribution in [3.05, 3.63) is 47.5 Å². The highest BCUT2D eigenvalue weighted by Gasteiger charge is 2.38. The van der Waals surface area contributed by atoms with Gasteiger partial charge in [-0.1, -0.05) is 39.0 Å². The molecule has 0 saturated heterocycles. The first-order valence-corrected chi connectivity index (χ1v) is 9.61. The van der Waals surface area contributed by atoms with E-state index in [9.17, 15) is 31.6 Å². The monoisotopic (exact) mass is 432 g/mol. The van der Waals surface area contributed by atoms with Crippen molar-refractivity contribution in [1.29, 1.82) is 5.26 Å². The molecule has 1 aromatic carbocycles. The molecule has 1 heterocycles. The zero-order valence-corrected chi connectivity index (χ0v) is 16.3. The summed E-state index contributed by atoms with van der Waals surface area (Å²) in [4.78, 5) is 3.75. The second kappa shape index (κ2) is 9.96. The molecule has 30 heavy (non-hydrogen) atoms. The van der Waals surface area contributed by atoms with E-state index < -0.39 is 35.4 Å². The minimum atomic E-state index is -4.97. The fraction of sp³-hybridized carbons (Fsp3) is 0.550. The Morgan fingerprint density at radius 1 is 0.967 bits per heavy atom. The summed E-state index contributed by atoms with van der Waals surface area (Å²) in [6.45, 7) is 2.05. The first-order valence-electron chi connectivity index (χ1n) is 9.61. The predicted molar refractivity (Wildman–Crippen MR) is 97.1 cm³/mol. The molecule has 1 aromatic heterocycles. The van der Waals surface area contributed by atoms with Crippen LogP contribution < -0.4 is 0 Å². The molecule has 0 bridgehead atoms. The smallest absolute Gasteiger partial charge is 0.244 e. The summed E-state index contributed by atoms with van der Waals surface area (Å²) in [6, 6.07) is 2.32. The summed E-state index contributed by atoms with van der Waals surface area (Å²) >= 11 is 0. The maximum absolute atomic E-state index is 13.3. The van der Waals surface area contributed by atoms with E-state index >= 15 is 0 Å². The van der Waals surface area contributed by atoms with Gasteiger partial charge in [0.2, 0.25) is 0 Å². The van der Waals surface area contributed by atoms with Crippen molar-refractivity contribution >= 4 is 0 Å². The highest BCUT2D eigenvalue weighted by Crippen LogP contribution is 2.39. The van der Waals surface area contributed by atoms with Crippen molar-refractivity contribution in [2.24, 2.45) is 5.92 Å². The number of hydrogen-bond acceptors (Lipinski definition) is 3. The molecule has 0 aliphatic heterocycles. The zero-order valence-electron chi connectivity index (χ0n) is 16.3. The minimum absolute atomic E-state index is 0.0774. The normalized spacial score (nSPS) is 14.3. The summed E-state index contributed by atoms with van der Waals surface area (Å²) in [5, 5.41) is 13.6. The number of unbranched alkanes of at least 4 members (excludes halogenated alkanes) is 4. The zero-order chi connectivity index (χ0) is 22.4. The van der Waals surface area contributed by atoms with E-state index in [2.05, 4.69) is 10.1 Å². The van der Waals surface area contributed by atoms with Crippen LogP contribution in [0.25, 0.3) is 0 Å². The standard InChI is InChI=1S/C20H22F6N4/c1-2-3-4-5-6-7-14(11-27)18(30-13-28-12-29-30)15-8-16(19(21,22)23)10-17(9-15)20(24,25)26/h8-10,12-14,18H,2-7H2,1H3. The lowest BCUT2D eigenvalue weighted by molar-refractivity contribution is -0.143. The lowest BCUT2D eigenvalue weighted by Crippen LogP contribution is -2.22. The van der Waals surface area contributed by atoms with Gasteiger partial charge in [0, 0.05) is 0 Å². The van der Waals surface area contributed by atoms with E-state index in [-0.39, 0.29) is 11.6 Å². The van der Waals surface area contributed by atoms with E-state index in [1.165, 1.54) is 6.33 Å². The Morgan fingerprint density at radius 2 is 1.57 bits per heavy atom. The van der Waals surface area contributed by atoms with Gasteiger partial charge in [-0.25, -0.2) is 9.67 Å². The molecule has 10 heteroatoms. The van der Waals surface area contributed by atoms with Crippen LogP contribution in [0.4, 0.5) is 26.3 Å². The molecule has 2 aromatic rings. The Labute approximate surface area is 170 Å². The summed E-state index contributed by atoms with van der Waals surface area (Å²) in [7, 11) is 0. The molecule has 0 saturated carbocycles. The first kappa shape index (κ1) is 23.7. The van der Waals surface area contributed by atoms with Crippen LogP contribution in [0.15, 0.2) is 30.9 Å². The number of hydrogen-bond donors (Lipinski definition) is 0. The molecule has 2 rings (SSSR count). The average molecular weight is 432 g/mol. The van der Waals surface area contributed by atoms with Gasteiger partial charge in [-0.3, -0.25) is 0 Å². The third-order valence-electron chi connectivity index (χ3n) is 4.84. The topological polar surface area (TPSA) is 54.5 Å². The summed E-state index contributed by atoms with van der Waals surface area (Å²) < 4.78 is 80.8. The molecule has 0 radical (unpaired) electrons. The van der Waals surface area contributed by atoms with Gasteiger partial charge in [0.1, 0.15) is 12.7 Å². The average Bonchev–Trinajstić information content (AvgIpc) is 3.19. The van der Waals surface area contributed by atoms with E-state index in [1.807, 2.05) is 13.0 Å². The molecule has 0 N–H and O–H groups in total. The van der Waals surface area contributed by atoms with Crippen LogP contribution >= 0.6 is 0 Å². The first-order chi connectivity index (χ1) is 14.1. The molecule has 4 nitrogen and oxygen atoms in total. The van der Waals surface area contributed by atoms with Crippen molar-refractivity contribution in [1.82, 2.24) is 14.8 Å². The Hall–Kier alpha value is -2.57. The maximum Gasteiger partial charge on any atom is 0.416 e. The van der Waals surface area contributed by atoms with E-state index in [1.54, 1.807) is 0 Å². The van der Waals surface area contributed by atoms with E-state index in [4.69, 9.17) is 0 Å². The largest absolute Gasteiger partial charge is 0.416 e. The molecular weight excluding hydrogens is 410 g/mol. The molecule has 0 aliphatic carbocycles. The van der Waals surface area contributed by atoms with Crippen molar-refractivity contribution < 1.29 is 26.3 Å². The van der Waals surface area contributed by atoms with Gasteiger partial charge in [-0.05, 0) is 30.2 Å². The fourth-order valence-corrected chi connectivity index (χ4v) is 3.34. The van der Waals surface area contributed by atoms with Crippen molar-refractivity contribution in [2.45, 2.75) is 63.8 Å². The Balaban J connectivity index is 2.47. The molecule has 0 amide bonds. The van der Waals surface area contributed by atoms with Gasteiger partial charge in [-0.2, -0.15) is 36.7 Å². The van der Waals surface area contributed by atoms with Crippen LogP contribution in [0, 0.1) is 17.2 Å². The molecule has 0 spiro atoms. The second-order valence-corrected chi connectivity index (χ2v) is 7.10. The third kappa shape index (κ3) is 6.21. The predicted octanol–water partition coefficient (Wildman–Crippen LogP) is 6.41. The summed E-state index contributed by atoms with van der Waals surface area (Å²) in [5.74, 6) is -0.863. The molecule has 0 aliphatic rings. The number of rotatable bonds is 9. The SMILES string of the molecule is CCCCCCCC(C#N)C(c1cc(C(F)(F)F)cc(C(F)(F)F)c1)n1cncn1. The van der Waals surface area contributed by atoms with Gasteiger partial charge >= 0.3 is 12.4 Å². The number of alkyl halides is 6. The van der Waals surface area contributed by atoms with Gasteiger partial charge in [0.25, 0.3) is 0 Å². The Kier molecular flexibility index (Phi) is 7.87. The molecule has 0 fully saturated rings. The van der Waals surface area contributed by atoms with Gasteiger partial charge < -0.3 is 0 Å². The molecular formula is C20H22F6N4. The van der Waals surface area contributed by atoms with Gasteiger partial charge in [0.15, 0.2) is 0 Å². The van der Waals surface area contributed by atoms with Gasteiger partial charge in [0.05, 0.1) is 29.2 Å². The Bertz CT molecular complexity index is 804. The van der Waals surface area contributed by atoms with Crippen LogP contribution in [0.2, 0.25) is 0 Å². The Morgan fingerprint density at radius 3 is 2.03 bits per heavy atom. The van der Waals surface area contributed by atoms with Crippen LogP contribution in [0.5, 0.6) is 0 Å². The summed E-state index contributed by atoms with van der Waals surface area (Å²) in [6.07, 6.45) is -2.84. The lowest BCUT2D eigenvalue weighted by atomic mass is 9.87. The van der Waals surface area contributed by atoms with Crippen molar-refractivity contribution in [3.8, 4) is 6.07 Å². The van der Waals surface area contributed by atoms with Crippen LogP contribution in [-0.2, 0) is 12.4 Å². The lowest BCUT2D eigenvalue weighted by Gasteiger charge is -2.24. The maximum atomic E-state index is 13.3.